The summed E-state index contributed by atoms with van der Waals surface area (Å²) < 4.78 is 88.7. The molecule has 0 heterocycles. The molecule has 5 fully saturated rings. The molecule has 0 amide bonds. The Balaban J connectivity index is 0.000000120. The van der Waals surface area contributed by atoms with Crippen molar-refractivity contribution in [2.75, 3.05) is 39.1 Å². The maximum Gasteiger partial charge on any atom is 0.534 e. The number of phenols is 1. The van der Waals surface area contributed by atoms with Crippen LogP contribution in [0.2, 0.25) is 0 Å². The highest BCUT2D eigenvalue weighted by atomic mass is 127. The molecule has 6 aromatic rings. The fraction of sp³-hybridized carbons (Fsp3) is 0.466. The molecule has 93 heavy (non-hydrogen) atoms. The van der Waals surface area contributed by atoms with Gasteiger partial charge in [-0.3, -0.25) is 9.59 Å². The van der Waals surface area contributed by atoms with E-state index in [0.717, 1.165) is 116 Å². The van der Waals surface area contributed by atoms with Crippen LogP contribution < -0.4 is 23.1 Å². The number of nitrogens with zero attached hydrogens (tertiary/aromatic N) is 1. The van der Waals surface area contributed by atoms with E-state index in [1.54, 1.807) is 46.1 Å². The first-order valence-corrected chi connectivity index (χ1v) is 38.3. The number of ether oxygens (including phenoxy) is 4. The summed E-state index contributed by atoms with van der Waals surface area (Å²) in [5, 5.41) is 19.1. The zero-order valence-corrected chi connectivity index (χ0v) is 63.4. The molecule has 11 aliphatic carbocycles. The second-order valence-electron chi connectivity index (χ2n) is 26.5. The van der Waals surface area contributed by atoms with Gasteiger partial charge in [-0.2, -0.15) is 26.9 Å². The highest BCUT2D eigenvalue weighted by Gasteiger charge is 2.56. The molecule has 1 N–H and O–H groups in total. The van der Waals surface area contributed by atoms with Crippen molar-refractivity contribution in [2.24, 2.45) is 27.1 Å². The van der Waals surface area contributed by atoms with Gasteiger partial charge in [0.15, 0.2) is 11.6 Å². The number of rotatable bonds is 7. The molecular formula is C73H77Br2F3I3NO10S. The van der Waals surface area contributed by atoms with Crippen LogP contribution in [-0.4, -0.2) is 69.7 Å². The minimum atomic E-state index is -5.60. The number of Topliss-reactive ketones (excluding diaryl/α,β-unsaturated/α-hetero) is 2. The monoisotopic (exact) mass is 1760 g/mol. The molecular weight excluding hydrogens is 1680 g/mol. The standard InChI is InChI=1S/C12H10F3IO3S.C12H13IO.C12H12O2.C12H14O.C11H11IO.C10H10O2.C2H4Br2.C2H3N/c13-12(14,15)20(17,18)19-10-2-1-9(16)7-5-11(3-4-11)6-8(7)10;1-14-11-3-2-10(13)8-6-12(4-5-12)7-9(8)11;1-14-10-4-2-3-8-9(10)7-12(5-6-12)11(8)13;1-13-11-4-2-3-9-7-12(5-6-12)8-10(9)11;12-9-1-2-10(13)8-6-11(3-4-11)5-7(8)9;1-12-10-4-2-3-7-8(10)5-6-9(7)11;3-1-2-4;1-2-3/h1-2H,3-6H2;2-3H,4-7H2,1H3;2-4H,5-7H2,1H3;2-4H,5-8H2,1H3;1-2,13H,3-6H2;2-4H,5-6H2,1H3;1-2H2;1H3. The maximum atomic E-state index is 12.4. The van der Waals surface area contributed by atoms with Gasteiger partial charge in [-0.05, 0) is 311 Å². The Morgan fingerprint density at radius 2 is 0.882 bits per heavy atom. The van der Waals surface area contributed by atoms with Crippen molar-refractivity contribution in [3.05, 3.63) is 168 Å². The van der Waals surface area contributed by atoms with Crippen LogP contribution in [0.3, 0.4) is 0 Å². The van der Waals surface area contributed by atoms with Crippen molar-refractivity contribution in [2.45, 2.75) is 147 Å². The number of hydrogen-bond acceptors (Lipinski definition) is 11. The van der Waals surface area contributed by atoms with E-state index in [2.05, 4.69) is 134 Å². The molecule has 0 aliphatic heterocycles. The number of ketones is 2. The zero-order chi connectivity index (χ0) is 66.9. The molecule has 5 spiro atoms. The van der Waals surface area contributed by atoms with Gasteiger partial charge in [0.2, 0.25) is 0 Å². The lowest BCUT2D eigenvalue weighted by Crippen LogP contribution is -2.28. The predicted molar refractivity (Wildman–Crippen MR) is 388 cm³/mol. The first-order valence-electron chi connectivity index (χ1n) is 31.5. The average molecular weight is 1760 g/mol. The van der Waals surface area contributed by atoms with Crippen LogP contribution in [0.1, 0.15) is 154 Å². The first-order chi connectivity index (χ1) is 44.3. The van der Waals surface area contributed by atoms with Crippen molar-refractivity contribution < 1.29 is 59.4 Å². The van der Waals surface area contributed by atoms with Gasteiger partial charge in [0.25, 0.3) is 0 Å². The summed E-state index contributed by atoms with van der Waals surface area (Å²) in [6.07, 6.45) is 23.7. The number of nitriles is 1. The minimum absolute atomic E-state index is 0.0169. The third kappa shape index (κ3) is 16.0. The minimum Gasteiger partial charge on any atom is -0.508 e. The maximum absolute atomic E-state index is 12.4. The lowest BCUT2D eigenvalue weighted by molar-refractivity contribution is -0.0500. The van der Waals surface area contributed by atoms with Crippen LogP contribution in [0.5, 0.6) is 34.5 Å². The highest BCUT2D eigenvalue weighted by molar-refractivity contribution is 14.1. The quantitative estimate of drug-likeness (QED) is 0.0702. The number of carbonyl (C=O) groups excluding carboxylic acids is 2. The fourth-order valence-corrected chi connectivity index (χ4v) is 16.7. The third-order valence-electron chi connectivity index (χ3n) is 20.2. The Morgan fingerprint density at radius 3 is 1.34 bits per heavy atom. The van der Waals surface area contributed by atoms with Crippen LogP contribution >= 0.6 is 99.6 Å². The Morgan fingerprint density at radius 1 is 0.495 bits per heavy atom. The first kappa shape index (κ1) is 71.6. The van der Waals surface area contributed by atoms with E-state index in [0.29, 0.717) is 46.2 Å². The summed E-state index contributed by atoms with van der Waals surface area (Å²) >= 11 is 13.3. The van der Waals surface area contributed by atoms with E-state index in [1.165, 1.54) is 119 Å². The van der Waals surface area contributed by atoms with Crippen molar-refractivity contribution in [1.29, 1.82) is 5.26 Å². The van der Waals surface area contributed by atoms with Crippen LogP contribution in [0.25, 0.3) is 0 Å². The molecule has 17 rings (SSSR count). The predicted octanol–water partition coefficient (Wildman–Crippen LogP) is 18.4. The number of benzene rings is 6. The summed E-state index contributed by atoms with van der Waals surface area (Å²) in [6.45, 7) is 1.43. The van der Waals surface area contributed by atoms with E-state index < -0.39 is 15.6 Å². The third-order valence-corrected chi connectivity index (χ3v) is 26.1. The van der Waals surface area contributed by atoms with Crippen molar-refractivity contribution in [3.8, 4) is 40.6 Å². The van der Waals surface area contributed by atoms with Gasteiger partial charge in [0, 0.05) is 67.9 Å². The Hall–Kier alpha value is -4.16. The number of alkyl halides is 5. The second kappa shape index (κ2) is 29.1. The highest BCUT2D eigenvalue weighted by Crippen LogP contribution is 2.61. The summed E-state index contributed by atoms with van der Waals surface area (Å²) in [5.74, 6) is 4.83. The number of carbonyl (C=O) groups is 2. The van der Waals surface area contributed by atoms with Gasteiger partial charge < -0.3 is 28.2 Å². The molecule has 0 unspecified atom stereocenters. The van der Waals surface area contributed by atoms with Crippen LogP contribution in [0.4, 0.5) is 13.2 Å². The molecule has 20 heteroatoms. The van der Waals surface area contributed by atoms with E-state index >= 15 is 0 Å². The number of fused-ring (bicyclic) bond motifs is 6. The molecule has 0 bridgehead atoms. The molecule has 5 saturated carbocycles. The number of aromatic hydroxyl groups is 1. The van der Waals surface area contributed by atoms with Gasteiger partial charge >= 0.3 is 15.6 Å². The molecule has 0 atom stereocenters. The van der Waals surface area contributed by atoms with E-state index in [4.69, 9.17) is 24.2 Å². The van der Waals surface area contributed by atoms with Crippen LogP contribution in [-0.2, 0) is 74.3 Å². The number of halogens is 8. The zero-order valence-electron chi connectivity index (χ0n) is 52.9. The molecule has 11 nitrogen and oxygen atoms in total. The number of hydrogen-bond donors (Lipinski definition) is 1. The normalized spacial score (nSPS) is 19.0. The van der Waals surface area contributed by atoms with Crippen molar-refractivity contribution in [3.63, 3.8) is 0 Å². The summed E-state index contributed by atoms with van der Waals surface area (Å²) in [6, 6.07) is 30.7. The van der Waals surface area contributed by atoms with E-state index in [-0.39, 0.29) is 22.4 Å². The Labute approximate surface area is 602 Å². The fourth-order valence-electron chi connectivity index (χ4n) is 14.2. The Bertz CT molecular complexity index is 3950. The second-order valence-corrected chi connectivity index (χ2v) is 33.1. The molecule has 0 aromatic heterocycles. The number of phenolic OH excluding ortho intramolecular Hbond substituents is 1. The Kier molecular flexibility index (Phi) is 22.4. The van der Waals surface area contributed by atoms with E-state index in [9.17, 15) is 36.3 Å². The average Bonchev–Trinajstić information content (AvgIpc) is 1.61. The topological polar surface area (TPSA) is 158 Å². The van der Waals surface area contributed by atoms with E-state index in [1.807, 2.05) is 48.5 Å². The van der Waals surface area contributed by atoms with Crippen molar-refractivity contribution in [1.82, 2.24) is 0 Å². The molecule has 0 radical (unpaired) electrons. The number of methoxy groups -OCH3 is 4. The SMILES string of the molecule is BrCCBr.CC#N.COc1ccc(I)c2c1CC1(CC1)C2.COc1cccc2c1CC1(CC1)C2.COc1cccc2c1CC1(CC1)C2=O.COc1cccc2c1CCC2=O.O=S(=O)(Oc1ccc(I)c2c1CC1(CC1)C2)C(F)(F)F.Oc1ccc(I)c2c1CC1(CC1)C2. The molecule has 11 aliphatic rings. The van der Waals surface area contributed by atoms with Crippen molar-refractivity contribution >= 4 is 121 Å². The van der Waals surface area contributed by atoms with Gasteiger partial charge in [-0.1, -0.05) is 68.3 Å². The van der Waals surface area contributed by atoms with Gasteiger partial charge in [-0.15, -0.1) is 0 Å². The molecule has 6 aromatic carbocycles. The summed E-state index contributed by atoms with van der Waals surface area (Å²) in [7, 11) is 1.25. The van der Waals surface area contributed by atoms with Crippen LogP contribution in [0.15, 0.2) is 91.0 Å². The lowest BCUT2D eigenvalue weighted by Gasteiger charge is -2.13. The summed E-state index contributed by atoms with van der Waals surface area (Å²) in [5.41, 5.74) is 10.7. The molecule has 496 valence electrons. The molecule has 0 saturated heterocycles. The van der Waals surface area contributed by atoms with Gasteiger partial charge in [-0.25, -0.2) is 0 Å². The summed E-state index contributed by atoms with van der Waals surface area (Å²) in [4.78, 5) is 23.3. The lowest BCUT2D eigenvalue weighted by atomic mass is 10.0. The smallest absolute Gasteiger partial charge is 0.508 e. The largest absolute Gasteiger partial charge is 0.534 e. The van der Waals surface area contributed by atoms with Gasteiger partial charge in [0.1, 0.15) is 34.5 Å². The van der Waals surface area contributed by atoms with Gasteiger partial charge in [0.05, 0.1) is 34.5 Å². The van der Waals surface area contributed by atoms with Crippen LogP contribution in [0, 0.1) is 49.1 Å².